The van der Waals surface area contributed by atoms with Crippen LogP contribution in [0, 0.1) is 6.92 Å². The molecule has 0 unspecified atom stereocenters. The minimum atomic E-state index is -0.348. The average molecular weight is 469 g/mol. The number of hydrogen-bond acceptors (Lipinski definition) is 5. The van der Waals surface area contributed by atoms with Crippen molar-refractivity contribution in [2.75, 3.05) is 13.2 Å². The molecule has 7 heteroatoms. The number of carbonyl (C=O) groups is 1. The van der Waals surface area contributed by atoms with E-state index in [4.69, 9.17) is 14.6 Å². The Morgan fingerprint density at radius 3 is 2.49 bits per heavy atom. The van der Waals surface area contributed by atoms with Crippen LogP contribution in [0.2, 0.25) is 0 Å². The number of nitrogens with zero attached hydrogens (tertiary/aromatic N) is 3. The van der Waals surface area contributed by atoms with Crippen LogP contribution < -0.4 is 14.9 Å². The first-order valence-electron chi connectivity index (χ1n) is 11.5. The molecule has 7 nitrogen and oxygen atoms in total. The van der Waals surface area contributed by atoms with Gasteiger partial charge >= 0.3 is 0 Å². The fourth-order valence-electron chi connectivity index (χ4n) is 3.42. The summed E-state index contributed by atoms with van der Waals surface area (Å²) in [4.78, 5) is 12.2. The van der Waals surface area contributed by atoms with Crippen molar-refractivity contribution in [3.8, 4) is 28.4 Å². The minimum absolute atomic E-state index is 0.127. The van der Waals surface area contributed by atoms with Crippen molar-refractivity contribution in [3.05, 3.63) is 96.2 Å². The highest BCUT2D eigenvalue weighted by Gasteiger charge is 2.12. The molecule has 0 fully saturated rings. The summed E-state index contributed by atoms with van der Waals surface area (Å²) in [7, 11) is 0. The number of amides is 1. The Kier molecular flexibility index (Phi) is 7.91. The lowest BCUT2D eigenvalue weighted by atomic mass is 10.1. The SMILES string of the molecule is CCCOc1ccc(-c2nn(-c3ccccc3)cc2/C=N/NC(=O)COc2ccccc2C)cc1. The van der Waals surface area contributed by atoms with Crippen LogP contribution in [-0.4, -0.2) is 35.1 Å². The molecule has 0 saturated heterocycles. The Hall–Kier alpha value is -4.39. The first kappa shape index (κ1) is 23.8. The van der Waals surface area contributed by atoms with Gasteiger partial charge in [-0.2, -0.15) is 10.2 Å². The van der Waals surface area contributed by atoms with Gasteiger partial charge in [-0.1, -0.05) is 43.3 Å². The van der Waals surface area contributed by atoms with Crippen LogP contribution in [0.15, 0.2) is 90.2 Å². The quantitative estimate of drug-likeness (QED) is 0.257. The standard InChI is InChI=1S/C28H28N4O3/c1-3-17-34-25-15-13-22(14-16-25)28-23(19-32(31-28)24-10-5-4-6-11-24)18-29-30-27(33)20-35-26-12-8-7-9-21(26)2/h4-16,18-19H,3,17,20H2,1-2H3,(H,30,33)/b29-18+. The second-order valence-corrected chi connectivity index (χ2v) is 7.93. The van der Waals surface area contributed by atoms with E-state index in [2.05, 4.69) is 17.5 Å². The zero-order valence-corrected chi connectivity index (χ0v) is 19.8. The minimum Gasteiger partial charge on any atom is -0.494 e. The molecule has 178 valence electrons. The number of aryl methyl sites for hydroxylation is 1. The van der Waals surface area contributed by atoms with Crippen molar-refractivity contribution in [3.63, 3.8) is 0 Å². The summed E-state index contributed by atoms with van der Waals surface area (Å²) >= 11 is 0. The zero-order chi connectivity index (χ0) is 24.5. The van der Waals surface area contributed by atoms with E-state index in [0.717, 1.165) is 40.2 Å². The summed E-state index contributed by atoms with van der Waals surface area (Å²) in [5.41, 5.74) is 6.84. The van der Waals surface area contributed by atoms with Crippen molar-refractivity contribution < 1.29 is 14.3 Å². The van der Waals surface area contributed by atoms with Crippen LogP contribution in [0.25, 0.3) is 16.9 Å². The Labute approximate surface area is 205 Å². The van der Waals surface area contributed by atoms with Crippen LogP contribution in [0.3, 0.4) is 0 Å². The van der Waals surface area contributed by atoms with Gasteiger partial charge in [-0.05, 0) is 61.4 Å². The third-order valence-electron chi connectivity index (χ3n) is 5.21. The normalized spacial score (nSPS) is 10.9. The van der Waals surface area contributed by atoms with Crippen LogP contribution in [0.4, 0.5) is 0 Å². The largest absolute Gasteiger partial charge is 0.494 e. The fourth-order valence-corrected chi connectivity index (χ4v) is 3.42. The monoisotopic (exact) mass is 468 g/mol. The molecule has 1 N–H and O–H groups in total. The van der Waals surface area contributed by atoms with E-state index in [9.17, 15) is 4.79 Å². The first-order chi connectivity index (χ1) is 17.1. The van der Waals surface area contributed by atoms with Gasteiger partial charge in [0.1, 0.15) is 17.2 Å². The smallest absolute Gasteiger partial charge is 0.277 e. The molecule has 1 amide bonds. The third-order valence-corrected chi connectivity index (χ3v) is 5.21. The number of aromatic nitrogens is 2. The summed E-state index contributed by atoms with van der Waals surface area (Å²) in [6.07, 6.45) is 4.42. The molecule has 0 aliphatic carbocycles. The molecule has 35 heavy (non-hydrogen) atoms. The number of benzene rings is 3. The molecule has 0 aliphatic heterocycles. The Morgan fingerprint density at radius 2 is 1.74 bits per heavy atom. The lowest BCUT2D eigenvalue weighted by Gasteiger charge is -2.07. The van der Waals surface area contributed by atoms with Crippen molar-refractivity contribution >= 4 is 12.1 Å². The molecule has 0 aliphatic rings. The van der Waals surface area contributed by atoms with E-state index in [1.54, 1.807) is 10.9 Å². The summed E-state index contributed by atoms with van der Waals surface area (Å²) in [6, 6.07) is 25.2. The second kappa shape index (κ2) is 11.7. The molecule has 0 bridgehead atoms. The fraction of sp³-hybridized carbons (Fsp3) is 0.179. The van der Waals surface area contributed by atoms with Gasteiger partial charge in [-0.15, -0.1) is 0 Å². The molecular weight excluding hydrogens is 440 g/mol. The van der Waals surface area contributed by atoms with E-state index < -0.39 is 0 Å². The molecule has 1 heterocycles. The molecule has 4 rings (SSSR count). The molecule has 0 radical (unpaired) electrons. The van der Waals surface area contributed by atoms with Crippen molar-refractivity contribution in [2.45, 2.75) is 20.3 Å². The van der Waals surface area contributed by atoms with Crippen molar-refractivity contribution in [1.82, 2.24) is 15.2 Å². The molecule has 0 atom stereocenters. The summed E-state index contributed by atoms with van der Waals surface area (Å²) in [5.74, 6) is 1.14. The van der Waals surface area contributed by atoms with Gasteiger partial charge < -0.3 is 9.47 Å². The van der Waals surface area contributed by atoms with Gasteiger partial charge in [-0.3, -0.25) is 4.79 Å². The first-order valence-corrected chi connectivity index (χ1v) is 11.5. The maximum absolute atomic E-state index is 12.2. The summed E-state index contributed by atoms with van der Waals surface area (Å²) in [6.45, 7) is 4.55. The van der Waals surface area contributed by atoms with Crippen LogP contribution in [0.5, 0.6) is 11.5 Å². The van der Waals surface area contributed by atoms with Gasteiger partial charge in [0, 0.05) is 17.3 Å². The highest BCUT2D eigenvalue weighted by molar-refractivity contribution is 5.89. The third kappa shape index (κ3) is 6.35. The van der Waals surface area contributed by atoms with Crippen LogP contribution >= 0.6 is 0 Å². The van der Waals surface area contributed by atoms with E-state index in [1.165, 1.54) is 0 Å². The summed E-state index contributed by atoms with van der Waals surface area (Å²) < 4.78 is 13.1. The molecule has 0 spiro atoms. The van der Waals surface area contributed by atoms with Gasteiger partial charge in [0.05, 0.1) is 18.5 Å². The number of hydrazone groups is 1. The maximum atomic E-state index is 12.2. The van der Waals surface area contributed by atoms with Crippen molar-refractivity contribution in [1.29, 1.82) is 0 Å². The molecule has 1 aromatic heterocycles. The molecule has 3 aromatic carbocycles. The van der Waals surface area contributed by atoms with E-state index in [-0.39, 0.29) is 12.5 Å². The lowest BCUT2D eigenvalue weighted by Crippen LogP contribution is -2.24. The topological polar surface area (TPSA) is 77.7 Å². The number of rotatable bonds is 10. The number of hydrogen-bond donors (Lipinski definition) is 1. The van der Waals surface area contributed by atoms with Crippen molar-refractivity contribution in [2.24, 2.45) is 5.10 Å². The Morgan fingerprint density at radius 1 is 1.00 bits per heavy atom. The highest BCUT2D eigenvalue weighted by Crippen LogP contribution is 2.25. The number of nitrogens with one attached hydrogen (secondary N) is 1. The Balaban J connectivity index is 1.50. The predicted octanol–water partition coefficient (Wildman–Crippen LogP) is 5.17. The highest BCUT2D eigenvalue weighted by atomic mass is 16.5. The number of carbonyl (C=O) groups excluding carboxylic acids is 1. The number of ether oxygens (including phenoxy) is 2. The number of para-hydroxylation sites is 2. The lowest BCUT2D eigenvalue weighted by molar-refractivity contribution is -0.123. The molecule has 4 aromatic rings. The second-order valence-electron chi connectivity index (χ2n) is 7.93. The van der Waals surface area contributed by atoms with Gasteiger partial charge in [0.2, 0.25) is 0 Å². The van der Waals surface area contributed by atoms with E-state index >= 15 is 0 Å². The molecular formula is C28H28N4O3. The van der Waals surface area contributed by atoms with Crippen LogP contribution in [0.1, 0.15) is 24.5 Å². The van der Waals surface area contributed by atoms with E-state index in [0.29, 0.717) is 12.4 Å². The average Bonchev–Trinajstić information content (AvgIpc) is 3.32. The predicted molar refractivity (Wildman–Crippen MR) is 137 cm³/mol. The van der Waals surface area contributed by atoms with Gasteiger partial charge in [0.25, 0.3) is 5.91 Å². The van der Waals surface area contributed by atoms with E-state index in [1.807, 2.05) is 92.0 Å². The van der Waals surface area contributed by atoms with Gasteiger partial charge in [0.15, 0.2) is 6.61 Å². The molecule has 0 saturated carbocycles. The Bertz CT molecular complexity index is 1280. The maximum Gasteiger partial charge on any atom is 0.277 e. The zero-order valence-electron chi connectivity index (χ0n) is 19.8. The van der Waals surface area contributed by atoms with Gasteiger partial charge in [-0.25, -0.2) is 10.1 Å². The van der Waals surface area contributed by atoms with Crippen LogP contribution in [-0.2, 0) is 4.79 Å². The summed E-state index contributed by atoms with van der Waals surface area (Å²) in [5, 5.41) is 8.92.